The van der Waals surface area contributed by atoms with Gasteiger partial charge in [0.1, 0.15) is 42.3 Å². The molecule has 0 saturated carbocycles. The van der Waals surface area contributed by atoms with Crippen LogP contribution in [0.5, 0.6) is 11.5 Å². The topological polar surface area (TPSA) is 218 Å². The monoisotopic (exact) mass is 964 g/mol. The summed E-state index contributed by atoms with van der Waals surface area (Å²) in [5.41, 5.74) is 1.46. The molecule has 5 aromatic rings. The summed E-state index contributed by atoms with van der Waals surface area (Å²) in [5.74, 6) is -6.09. The SMILES string of the molecule is CCCCC[C@@H](C(=O)NCNC(=O)c1ccc(-c2ccc(C(=O)N[C@@H](CC(=O)OCc3ccccc3)C(=O)OCc3ccccc3)c(OCC)c2)o1)[C@@H](CC)N(C=O)OC(=O)c1ccc(OC)cc1F. The van der Waals surface area contributed by atoms with E-state index in [1.165, 1.54) is 37.4 Å². The molecule has 0 saturated heterocycles. The molecule has 0 radical (unpaired) electrons. The Morgan fingerprint density at radius 2 is 1.46 bits per heavy atom. The number of nitrogens with one attached hydrogen (secondary N) is 3. The highest BCUT2D eigenvalue weighted by atomic mass is 19.1. The highest BCUT2D eigenvalue weighted by molar-refractivity contribution is 6.00. The number of ether oxygens (including phenoxy) is 4. The largest absolute Gasteiger partial charge is 0.497 e. The van der Waals surface area contributed by atoms with Crippen molar-refractivity contribution in [3.05, 3.63) is 143 Å². The number of hydroxylamine groups is 2. The van der Waals surface area contributed by atoms with Crippen LogP contribution < -0.4 is 25.4 Å². The summed E-state index contributed by atoms with van der Waals surface area (Å²) < 4.78 is 42.2. The zero-order valence-corrected chi connectivity index (χ0v) is 39.4. The number of methoxy groups -OCH3 is 1. The number of esters is 2. The molecule has 0 unspecified atom stereocenters. The molecule has 0 bridgehead atoms. The van der Waals surface area contributed by atoms with Gasteiger partial charge in [-0.05, 0) is 67.3 Å². The van der Waals surface area contributed by atoms with Crippen LogP contribution >= 0.6 is 0 Å². The highest BCUT2D eigenvalue weighted by Gasteiger charge is 2.34. The van der Waals surface area contributed by atoms with Gasteiger partial charge in [-0.25, -0.2) is 14.0 Å². The molecule has 3 N–H and O–H groups in total. The maximum atomic E-state index is 14.7. The van der Waals surface area contributed by atoms with Crippen LogP contribution in [0.1, 0.15) is 102 Å². The Balaban J connectivity index is 1.23. The summed E-state index contributed by atoms with van der Waals surface area (Å²) >= 11 is 0. The lowest BCUT2D eigenvalue weighted by Gasteiger charge is -2.31. The van der Waals surface area contributed by atoms with Crippen molar-refractivity contribution < 1.29 is 66.2 Å². The summed E-state index contributed by atoms with van der Waals surface area (Å²) in [5, 5.41) is 8.57. The molecule has 370 valence electrons. The van der Waals surface area contributed by atoms with Gasteiger partial charge in [-0.15, -0.1) is 0 Å². The minimum absolute atomic E-state index is 0.0308. The van der Waals surface area contributed by atoms with Crippen molar-refractivity contribution in [2.24, 2.45) is 5.92 Å². The van der Waals surface area contributed by atoms with Gasteiger partial charge >= 0.3 is 17.9 Å². The van der Waals surface area contributed by atoms with Gasteiger partial charge in [0.2, 0.25) is 12.3 Å². The van der Waals surface area contributed by atoms with Gasteiger partial charge in [-0.1, -0.05) is 99.8 Å². The number of hydrogen-bond donors (Lipinski definition) is 3. The predicted octanol–water partition coefficient (Wildman–Crippen LogP) is 7.48. The molecule has 0 fully saturated rings. The quantitative estimate of drug-likeness (QED) is 0.0153. The van der Waals surface area contributed by atoms with Gasteiger partial charge in [-0.3, -0.25) is 24.0 Å². The van der Waals surface area contributed by atoms with E-state index in [4.69, 9.17) is 28.2 Å². The van der Waals surface area contributed by atoms with Crippen molar-refractivity contribution in [3.8, 4) is 22.8 Å². The van der Waals surface area contributed by atoms with Crippen LogP contribution in [-0.4, -0.2) is 79.6 Å². The Hall–Kier alpha value is -8.02. The lowest BCUT2D eigenvalue weighted by molar-refractivity contribution is -0.171. The second-order valence-electron chi connectivity index (χ2n) is 15.8. The molecule has 0 aliphatic rings. The molecule has 17 nitrogen and oxygen atoms in total. The predicted molar refractivity (Wildman–Crippen MR) is 252 cm³/mol. The van der Waals surface area contributed by atoms with E-state index in [1.54, 1.807) is 68.4 Å². The second-order valence-corrected chi connectivity index (χ2v) is 15.8. The second kappa shape index (κ2) is 27.1. The number of carbonyl (C=O) groups is 7. The minimum atomic E-state index is -1.42. The average Bonchev–Trinajstić information content (AvgIpc) is 3.88. The van der Waals surface area contributed by atoms with Gasteiger partial charge in [0, 0.05) is 11.6 Å². The van der Waals surface area contributed by atoms with Crippen LogP contribution in [-0.2, 0) is 46.7 Å². The average molecular weight is 965 g/mol. The van der Waals surface area contributed by atoms with Crippen molar-refractivity contribution in [1.29, 1.82) is 0 Å². The molecule has 4 aromatic carbocycles. The molecule has 70 heavy (non-hydrogen) atoms. The smallest absolute Gasteiger partial charge is 0.366 e. The number of rotatable bonds is 27. The standard InChI is InChI=1S/C52H57FN4O13/c1-5-8-11-20-39(43(6-2)57(33-58)70-51(63)38-24-22-37(65-4)28-41(38)53)48(60)54-32-55-50(62)45-26-25-44(69-45)36-21-23-40(46(27-36)66-7-3)49(61)56-42(52(64)68-31-35-18-14-10-15-19-35)29-47(59)67-30-34-16-12-9-13-17-34/h9-10,12-19,21-28,33,39,42-43H,5-8,11,20,29-32H2,1-4H3,(H,54,60)(H,55,62)(H,56,61)/t39-,42+,43-/m1/s1. The maximum Gasteiger partial charge on any atom is 0.366 e. The Morgan fingerprint density at radius 1 is 0.771 bits per heavy atom. The van der Waals surface area contributed by atoms with Crippen molar-refractivity contribution in [2.45, 2.75) is 84.6 Å². The first kappa shape index (κ1) is 52.9. The fraction of sp³-hybridized carbons (Fsp3) is 0.327. The van der Waals surface area contributed by atoms with E-state index in [0.717, 1.165) is 35.6 Å². The normalized spacial score (nSPS) is 12.0. The summed E-state index contributed by atoms with van der Waals surface area (Å²) in [6.07, 6.45) is 2.47. The number of unbranched alkanes of at least 4 members (excludes halogenated alkanes) is 2. The number of hydrogen-bond acceptors (Lipinski definition) is 13. The lowest BCUT2D eigenvalue weighted by atomic mass is 9.90. The van der Waals surface area contributed by atoms with Gasteiger partial charge in [0.25, 0.3) is 11.8 Å². The van der Waals surface area contributed by atoms with Crippen LogP contribution in [0.2, 0.25) is 0 Å². The number of furan rings is 1. The molecule has 1 heterocycles. The van der Waals surface area contributed by atoms with E-state index in [9.17, 15) is 38.0 Å². The van der Waals surface area contributed by atoms with Crippen LogP contribution in [0.3, 0.4) is 0 Å². The number of halogens is 1. The molecule has 0 aliphatic heterocycles. The minimum Gasteiger partial charge on any atom is -0.497 e. The fourth-order valence-electron chi connectivity index (χ4n) is 7.26. The number of amides is 4. The van der Waals surface area contributed by atoms with Gasteiger partial charge in [0.05, 0.1) is 49.9 Å². The third-order valence-corrected chi connectivity index (χ3v) is 10.9. The van der Waals surface area contributed by atoms with E-state index in [-0.39, 0.29) is 67.9 Å². The highest BCUT2D eigenvalue weighted by Crippen LogP contribution is 2.30. The van der Waals surface area contributed by atoms with Gasteiger partial charge < -0.3 is 44.2 Å². The van der Waals surface area contributed by atoms with E-state index in [2.05, 4.69) is 16.0 Å². The lowest BCUT2D eigenvalue weighted by Crippen LogP contribution is -2.49. The van der Waals surface area contributed by atoms with Crippen molar-refractivity contribution in [3.63, 3.8) is 0 Å². The molecule has 1 aromatic heterocycles. The Kier molecular flexibility index (Phi) is 20.5. The Morgan fingerprint density at radius 3 is 2.09 bits per heavy atom. The maximum absolute atomic E-state index is 14.7. The molecule has 3 atom stereocenters. The number of benzene rings is 4. The third kappa shape index (κ3) is 15.2. The summed E-state index contributed by atoms with van der Waals surface area (Å²) in [6, 6.07) is 26.5. The van der Waals surface area contributed by atoms with Crippen LogP contribution in [0.15, 0.2) is 114 Å². The Bertz CT molecular complexity index is 2550. The zero-order valence-electron chi connectivity index (χ0n) is 39.4. The van der Waals surface area contributed by atoms with Gasteiger partial charge in [-0.2, -0.15) is 5.06 Å². The first-order valence-electron chi connectivity index (χ1n) is 22.8. The zero-order chi connectivity index (χ0) is 50.4. The van der Waals surface area contributed by atoms with Gasteiger partial charge in [0.15, 0.2) is 5.76 Å². The summed E-state index contributed by atoms with van der Waals surface area (Å²) in [6.45, 7) is 5.08. The van der Waals surface area contributed by atoms with Crippen LogP contribution in [0.4, 0.5) is 4.39 Å². The van der Waals surface area contributed by atoms with Crippen molar-refractivity contribution in [2.75, 3.05) is 20.4 Å². The molecule has 0 spiro atoms. The molecule has 4 amide bonds. The molecular weight excluding hydrogens is 908 g/mol. The first-order chi connectivity index (χ1) is 33.9. The van der Waals surface area contributed by atoms with Crippen molar-refractivity contribution in [1.82, 2.24) is 21.0 Å². The van der Waals surface area contributed by atoms with E-state index in [1.807, 2.05) is 19.1 Å². The molecular formula is C52H57FN4O13. The van der Waals surface area contributed by atoms with E-state index < -0.39 is 71.4 Å². The summed E-state index contributed by atoms with van der Waals surface area (Å²) in [7, 11) is 1.34. The van der Waals surface area contributed by atoms with E-state index >= 15 is 0 Å². The van der Waals surface area contributed by atoms with Crippen LogP contribution in [0.25, 0.3) is 11.3 Å². The first-order valence-corrected chi connectivity index (χ1v) is 22.8. The number of carbonyl (C=O) groups excluding carboxylic acids is 7. The molecule has 18 heteroatoms. The molecule has 0 aliphatic carbocycles. The third-order valence-electron chi connectivity index (χ3n) is 10.9. The summed E-state index contributed by atoms with van der Waals surface area (Å²) in [4.78, 5) is 97.6. The molecule has 5 rings (SSSR count). The fourth-order valence-corrected chi connectivity index (χ4v) is 7.26. The number of nitrogens with zero attached hydrogens (tertiary/aromatic N) is 1. The van der Waals surface area contributed by atoms with Crippen LogP contribution in [0, 0.1) is 11.7 Å². The van der Waals surface area contributed by atoms with Crippen molar-refractivity contribution >= 4 is 42.0 Å². The Labute approximate surface area is 404 Å². The van der Waals surface area contributed by atoms with E-state index in [0.29, 0.717) is 24.0 Å².